The SMILES string of the molecule is CC(C)C(C)(CC(=O)NCc1csc(=O)[nH]1)C(=O)O. The first kappa shape index (κ1) is 15.4. The van der Waals surface area contributed by atoms with Crippen molar-refractivity contribution in [3.63, 3.8) is 0 Å². The number of aliphatic carboxylic acids is 1. The Morgan fingerprint density at radius 3 is 2.58 bits per heavy atom. The number of rotatable bonds is 6. The monoisotopic (exact) mass is 286 g/mol. The van der Waals surface area contributed by atoms with Crippen LogP contribution in [0.4, 0.5) is 0 Å². The predicted octanol–water partition coefficient (Wildman–Crippen LogP) is 1.19. The second-order valence-electron chi connectivity index (χ2n) is 5.00. The second-order valence-corrected chi connectivity index (χ2v) is 5.85. The van der Waals surface area contributed by atoms with Gasteiger partial charge in [-0.3, -0.25) is 14.4 Å². The highest BCUT2D eigenvalue weighted by Gasteiger charge is 2.38. The number of aromatic amines is 1. The topological polar surface area (TPSA) is 99.3 Å². The Labute approximate surface area is 114 Å². The first-order valence-corrected chi connectivity index (χ1v) is 6.80. The molecular weight excluding hydrogens is 268 g/mol. The van der Waals surface area contributed by atoms with Gasteiger partial charge < -0.3 is 15.4 Å². The first-order valence-electron chi connectivity index (χ1n) is 5.92. The summed E-state index contributed by atoms with van der Waals surface area (Å²) in [5.74, 6) is -1.48. The number of carboxylic acid groups (broad SMARTS) is 1. The molecule has 3 N–H and O–H groups in total. The Morgan fingerprint density at radius 2 is 2.16 bits per heavy atom. The molecule has 1 atom stereocenters. The van der Waals surface area contributed by atoms with Gasteiger partial charge in [-0.25, -0.2) is 0 Å². The summed E-state index contributed by atoms with van der Waals surface area (Å²) in [5.41, 5.74) is -0.475. The minimum absolute atomic E-state index is 0.0889. The van der Waals surface area contributed by atoms with Crippen molar-refractivity contribution in [2.45, 2.75) is 33.7 Å². The van der Waals surface area contributed by atoms with E-state index in [0.717, 1.165) is 11.3 Å². The summed E-state index contributed by atoms with van der Waals surface area (Å²) in [6.07, 6.45) is -0.0889. The lowest BCUT2D eigenvalue weighted by Gasteiger charge is -2.28. The van der Waals surface area contributed by atoms with Crippen LogP contribution in [0.1, 0.15) is 32.9 Å². The van der Waals surface area contributed by atoms with Crippen molar-refractivity contribution in [3.05, 3.63) is 20.7 Å². The number of nitrogens with one attached hydrogen (secondary N) is 2. The third-order valence-electron chi connectivity index (χ3n) is 3.34. The van der Waals surface area contributed by atoms with E-state index in [1.165, 1.54) is 0 Å². The molecule has 1 heterocycles. The minimum Gasteiger partial charge on any atom is -0.481 e. The fourth-order valence-electron chi connectivity index (χ4n) is 1.52. The van der Waals surface area contributed by atoms with E-state index >= 15 is 0 Å². The van der Waals surface area contributed by atoms with Gasteiger partial charge in [0.05, 0.1) is 12.0 Å². The molecule has 1 rings (SSSR count). The standard InChI is InChI=1S/C12H18N2O4S/c1-7(2)12(3,10(16)17)4-9(15)13-5-8-6-19-11(18)14-8/h6-7H,4-5H2,1-3H3,(H,13,15)(H,14,18)(H,16,17). The van der Waals surface area contributed by atoms with Crippen LogP contribution in [0, 0.1) is 11.3 Å². The number of thiazole rings is 1. The summed E-state index contributed by atoms with van der Waals surface area (Å²) >= 11 is 1.02. The molecule has 7 heteroatoms. The van der Waals surface area contributed by atoms with Crippen molar-refractivity contribution < 1.29 is 14.7 Å². The van der Waals surface area contributed by atoms with E-state index in [1.54, 1.807) is 26.2 Å². The van der Waals surface area contributed by atoms with E-state index in [1.807, 2.05) is 0 Å². The van der Waals surface area contributed by atoms with Crippen molar-refractivity contribution in [1.29, 1.82) is 0 Å². The van der Waals surface area contributed by atoms with Crippen LogP contribution < -0.4 is 10.2 Å². The molecule has 0 spiro atoms. The molecule has 0 radical (unpaired) electrons. The number of carbonyl (C=O) groups excluding carboxylic acids is 1. The average molecular weight is 286 g/mol. The molecule has 0 saturated carbocycles. The van der Waals surface area contributed by atoms with Gasteiger partial charge in [0.2, 0.25) is 5.91 Å². The maximum absolute atomic E-state index is 11.8. The Balaban J connectivity index is 2.59. The quantitative estimate of drug-likeness (QED) is 0.731. The maximum Gasteiger partial charge on any atom is 0.310 e. The van der Waals surface area contributed by atoms with Crippen LogP contribution >= 0.6 is 11.3 Å². The van der Waals surface area contributed by atoms with E-state index in [2.05, 4.69) is 10.3 Å². The van der Waals surface area contributed by atoms with Gasteiger partial charge in [0.15, 0.2) is 0 Å². The van der Waals surface area contributed by atoms with Gasteiger partial charge >= 0.3 is 10.8 Å². The maximum atomic E-state index is 11.8. The molecule has 0 bridgehead atoms. The van der Waals surface area contributed by atoms with Gasteiger partial charge in [-0.1, -0.05) is 25.2 Å². The van der Waals surface area contributed by atoms with E-state index < -0.39 is 11.4 Å². The zero-order valence-electron chi connectivity index (χ0n) is 11.1. The third-order valence-corrected chi connectivity index (χ3v) is 4.06. The number of carbonyl (C=O) groups is 2. The summed E-state index contributed by atoms with van der Waals surface area (Å²) in [6, 6.07) is 0. The van der Waals surface area contributed by atoms with Crippen LogP contribution in [0.5, 0.6) is 0 Å². The molecule has 0 aliphatic rings. The molecular formula is C12H18N2O4S. The predicted molar refractivity (Wildman–Crippen MR) is 72.0 cm³/mol. The lowest BCUT2D eigenvalue weighted by Crippen LogP contribution is -2.39. The molecule has 1 aromatic heterocycles. The van der Waals surface area contributed by atoms with Crippen LogP contribution in [0.3, 0.4) is 0 Å². The highest BCUT2D eigenvalue weighted by atomic mass is 32.1. The normalized spacial score (nSPS) is 14.1. The van der Waals surface area contributed by atoms with Crippen molar-refractivity contribution >= 4 is 23.2 Å². The molecule has 0 fully saturated rings. The molecule has 0 aliphatic carbocycles. The van der Waals surface area contributed by atoms with Crippen LogP contribution in [0.25, 0.3) is 0 Å². The summed E-state index contributed by atoms with van der Waals surface area (Å²) < 4.78 is 0. The van der Waals surface area contributed by atoms with Crippen LogP contribution in [0.2, 0.25) is 0 Å². The molecule has 0 saturated heterocycles. The largest absolute Gasteiger partial charge is 0.481 e. The van der Waals surface area contributed by atoms with E-state index in [4.69, 9.17) is 0 Å². The molecule has 106 valence electrons. The van der Waals surface area contributed by atoms with Gasteiger partial charge in [0.25, 0.3) is 0 Å². The van der Waals surface area contributed by atoms with E-state index in [0.29, 0.717) is 5.69 Å². The zero-order chi connectivity index (χ0) is 14.6. The van der Waals surface area contributed by atoms with Gasteiger partial charge in [-0.15, -0.1) is 0 Å². The van der Waals surface area contributed by atoms with Gasteiger partial charge in [-0.05, 0) is 12.8 Å². The summed E-state index contributed by atoms with van der Waals surface area (Å²) in [6.45, 7) is 5.31. The van der Waals surface area contributed by atoms with Crippen molar-refractivity contribution in [3.8, 4) is 0 Å². The van der Waals surface area contributed by atoms with Crippen LogP contribution in [-0.4, -0.2) is 22.0 Å². The van der Waals surface area contributed by atoms with E-state index in [9.17, 15) is 19.5 Å². The molecule has 19 heavy (non-hydrogen) atoms. The van der Waals surface area contributed by atoms with Crippen LogP contribution in [-0.2, 0) is 16.1 Å². The lowest BCUT2D eigenvalue weighted by molar-refractivity contribution is -0.153. The number of hydrogen-bond acceptors (Lipinski definition) is 4. The van der Waals surface area contributed by atoms with Crippen molar-refractivity contribution in [2.24, 2.45) is 11.3 Å². The minimum atomic E-state index is -1.09. The fourth-order valence-corrected chi connectivity index (χ4v) is 2.10. The third kappa shape index (κ3) is 3.92. The Hall–Kier alpha value is -1.63. The number of aromatic nitrogens is 1. The zero-order valence-corrected chi connectivity index (χ0v) is 12.0. The fraction of sp³-hybridized carbons (Fsp3) is 0.583. The number of amides is 1. The molecule has 6 nitrogen and oxygen atoms in total. The number of carboxylic acids is 1. The summed E-state index contributed by atoms with van der Waals surface area (Å²) in [4.78, 5) is 36.3. The van der Waals surface area contributed by atoms with Gasteiger partial charge in [-0.2, -0.15) is 0 Å². The van der Waals surface area contributed by atoms with Gasteiger partial charge in [0.1, 0.15) is 0 Å². The molecule has 1 amide bonds. The average Bonchev–Trinajstić information content (AvgIpc) is 2.72. The number of hydrogen-bond donors (Lipinski definition) is 3. The van der Waals surface area contributed by atoms with Crippen molar-refractivity contribution in [2.75, 3.05) is 0 Å². The Morgan fingerprint density at radius 1 is 1.53 bits per heavy atom. The molecule has 0 aliphatic heterocycles. The van der Waals surface area contributed by atoms with E-state index in [-0.39, 0.29) is 29.7 Å². The molecule has 1 aromatic rings. The Kier molecular flexibility index (Phi) is 4.88. The summed E-state index contributed by atoms with van der Waals surface area (Å²) in [7, 11) is 0. The first-order chi connectivity index (χ1) is 8.75. The highest BCUT2D eigenvalue weighted by Crippen LogP contribution is 2.31. The second kappa shape index (κ2) is 6.01. The summed E-state index contributed by atoms with van der Waals surface area (Å²) in [5, 5.41) is 13.5. The van der Waals surface area contributed by atoms with Crippen molar-refractivity contribution in [1.82, 2.24) is 10.3 Å². The Bertz CT molecular complexity index is 520. The number of H-pyrrole nitrogens is 1. The lowest BCUT2D eigenvalue weighted by atomic mass is 9.76. The molecule has 1 unspecified atom stereocenters. The highest BCUT2D eigenvalue weighted by molar-refractivity contribution is 7.07. The smallest absolute Gasteiger partial charge is 0.310 e. The van der Waals surface area contributed by atoms with Crippen LogP contribution in [0.15, 0.2) is 10.2 Å². The van der Waals surface area contributed by atoms with Gasteiger partial charge in [0, 0.05) is 17.5 Å². The molecule has 0 aromatic carbocycles.